The number of carbonyl (C=O) groups is 2. The van der Waals surface area contributed by atoms with E-state index in [1.165, 1.54) is 65.6 Å². The lowest BCUT2D eigenvalue weighted by molar-refractivity contribution is -0.113. The first kappa shape index (κ1) is 23.3. The van der Waals surface area contributed by atoms with Gasteiger partial charge in [0.05, 0.1) is 21.8 Å². The maximum atomic E-state index is 13.5. The highest BCUT2D eigenvalue weighted by atomic mass is 32.2. The van der Waals surface area contributed by atoms with Crippen molar-refractivity contribution in [3.05, 3.63) is 113 Å². The molecule has 5 rings (SSSR count). The zero-order valence-electron chi connectivity index (χ0n) is 18.4. The summed E-state index contributed by atoms with van der Waals surface area (Å²) in [6.45, 7) is 0. The van der Waals surface area contributed by atoms with E-state index in [4.69, 9.17) is 9.52 Å². The van der Waals surface area contributed by atoms with E-state index in [9.17, 15) is 18.4 Å². The molecule has 0 saturated carbocycles. The van der Waals surface area contributed by atoms with E-state index >= 15 is 0 Å². The molecule has 3 aromatic carbocycles. The van der Waals surface area contributed by atoms with Crippen molar-refractivity contribution >= 4 is 46.3 Å². The van der Waals surface area contributed by atoms with Gasteiger partial charge in [0.2, 0.25) is 0 Å². The van der Waals surface area contributed by atoms with Crippen molar-refractivity contribution in [2.45, 2.75) is 0 Å². The quantitative estimate of drug-likeness (QED) is 0.306. The maximum absolute atomic E-state index is 13.5. The van der Waals surface area contributed by atoms with Crippen molar-refractivity contribution in [2.24, 2.45) is 4.99 Å². The number of thioether (sulfide) groups is 1. The molecule has 4 aromatic rings. The minimum absolute atomic E-state index is 0.162. The van der Waals surface area contributed by atoms with E-state index in [2.05, 4.69) is 4.99 Å². The van der Waals surface area contributed by atoms with E-state index in [1.807, 2.05) is 0 Å². The normalized spacial score (nSPS) is 15.7. The van der Waals surface area contributed by atoms with Crippen LogP contribution in [0.25, 0.3) is 17.4 Å². The van der Waals surface area contributed by atoms with Gasteiger partial charge < -0.3 is 9.52 Å². The number of amides is 1. The highest BCUT2D eigenvalue weighted by molar-refractivity contribution is 8.19. The van der Waals surface area contributed by atoms with Crippen LogP contribution in [0, 0.1) is 11.6 Å². The summed E-state index contributed by atoms with van der Waals surface area (Å²) in [7, 11) is 0. The lowest BCUT2D eigenvalue weighted by atomic mass is 10.1. The summed E-state index contributed by atoms with van der Waals surface area (Å²) in [5.41, 5.74) is 1.72. The highest BCUT2D eigenvalue weighted by Gasteiger charge is 2.35. The van der Waals surface area contributed by atoms with Crippen LogP contribution in [0.2, 0.25) is 0 Å². The van der Waals surface area contributed by atoms with E-state index in [1.54, 1.807) is 30.3 Å². The molecule has 36 heavy (non-hydrogen) atoms. The van der Waals surface area contributed by atoms with Crippen molar-refractivity contribution < 1.29 is 27.9 Å². The fourth-order valence-electron chi connectivity index (χ4n) is 3.48. The monoisotopic (exact) mass is 502 g/mol. The van der Waals surface area contributed by atoms with Crippen molar-refractivity contribution in [3.8, 4) is 11.3 Å². The Labute approximate surface area is 208 Å². The minimum atomic E-state index is -1.02. The molecule has 1 saturated heterocycles. The topological polar surface area (TPSA) is 83.1 Å². The molecule has 0 bridgehead atoms. The van der Waals surface area contributed by atoms with E-state index in [0.29, 0.717) is 38.5 Å². The number of nitrogens with zero attached hydrogens (tertiary/aromatic N) is 2. The molecule has 0 atom stereocenters. The van der Waals surface area contributed by atoms with Crippen LogP contribution in [0.1, 0.15) is 16.1 Å². The molecule has 1 aliphatic rings. The predicted octanol–water partition coefficient (Wildman–Crippen LogP) is 6.73. The summed E-state index contributed by atoms with van der Waals surface area (Å²) < 4.78 is 32.7. The SMILES string of the molecule is O=C(O)c1ccc(-c2ccc(/C=C3/SC(=Nc4ccc(F)cc4)N(c4ccc(F)cc4)C3=O)o2)cc1. The lowest BCUT2D eigenvalue weighted by Gasteiger charge is -2.15. The minimum Gasteiger partial charge on any atom is -0.478 e. The van der Waals surface area contributed by atoms with Crippen molar-refractivity contribution in [1.82, 2.24) is 0 Å². The molecule has 1 N–H and O–H groups in total. The third-order valence-electron chi connectivity index (χ3n) is 5.26. The number of carboxylic acid groups (broad SMARTS) is 1. The van der Waals surface area contributed by atoms with Crippen molar-refractivity contribution in [1.29, 1.82) is 0 Å². The number of hydrogen-bond donors (Lipinski definition) is 1. The molecule has 178 valence electrons. The lowest BCUT2D eigenvalue weighted by Crippen LogP contribution is -2.28. The third kappa shape index (κ3) is 4.82. The number of benzene rings is 3. The summed E-state index contributed by atoms with van der Waals surface area (Å²) in [5, 5.41) is 9.38. The van der Waals surface area contributed by atoms with Gasteiger partial charge in [0, 0.05) is 11.6 Å². The number of aromatic carboxylic acids is 1. The smallest absolute Gasteiger partial charge is 0.335 e. The van der Waals surface area contributed by atoms with Crippen LogP contribution in [-0.2, 0) is 4.79 Å². The van der Waals surface area contributed by atoms with Crippen molar-refractivity contribution in [2.75, 3.05) is 4.90 Å². The first-order valence-corrected chi connectivity index (χ1v) is 11.5. The molecule has 0 radical (unpaired) electrons. The number of anilines is 1. The van der Waals surface area contributed by atoms with Crippen LogP contribution >= 0.6 is 11.8 Å². The molecule has 1 aliphatic heterocycles. The van der Waals surface area contributed by atoms with Gasteiger partial charge in [-0.3, -0.25) is 9.69 Å². The van der Waals surface area contributed by atoms with Gasteiger partial charge in [0.15, 0.2) is 5.17 Å². The van der Waals surface area contributed by atoms with Gasteiger partial charge in [-0.15, -0.1) is 0 Å². The Kier molecular flexibility index (Phi) is 6.22. The standard InChI is InChI=1S/C27H16F2N2O4S/c28-18-5-9-20(10-6-18)30-27-31(21-11-7-19(29)8-12-21)25(32)24(36-27)15-22-13-14-23(35-22)16-1-3-17(4-2-16)26(33)34/h1-15H,(H,33,34)/b24-15+,30-27?. The zero-order chi connectivity index (χ0) is 25.2. The molecule has 2 heterocycles. The second-order valence-electron chi connectivity index (χ2n) is 7.68. The fraction of sp³-hybridized carbons (Fsp3) is 0. The first-order valence-electron chi connectivity index (χ1n) is 10.6. The number of furan rings is 1. The number of carboxylic acids is 1. The molecular formula is C27H16F2N2O4S. The molecule has 1 amide bonds. The number of carbonyl (C=O) groups excluding carboxylic acids is 1. The van der Waals surface area contributed by atoms with Gasteiger partial charge >= 0.3 is 5.97 Å². The van der Waals surface area contributed by atoms with Gasteiger partial charge in [-0.1, -0.05) is 12.1 Å². The predicted molar refractivity (Wildman–Crippen MR) is 134 cm³/mol. The van der Waals surface area contributed by atoms with Crippen LogP contribution in [0.3, 0.4) is 0 Å². The second-order valence-corrected chi connectivity index (χ2v) is 8.69. The van der Waals surface area contributed by atoms with Crippen molar-refractivity contribution in [3.63, 3.8) is 0 Å². The number of amidine groups is 1. The molecule has 0 spiro atoms. The van der Waals surface area contributed by atoms with Gasteiger partial charge in [-0.05, 0) is 84.6 Å². The molecule has 0 unspecified atom stereocenters. The van der Waals surface area contributed by atoms with Crippen LogP contribution in [0.5, 0.6) is 0 Å². The Morgan fingerprint density at radius 1 is 0.889 bits per heavy atom. The average molecular weight is 502 g/mol. The van der Waals surface area contributed by atoms with Gasteiger partial charge in [0.25, 0.3) is 5.91 Å². The molecular weight excluding hydrogens is 486 g/mol. The number of rotatable bonds is 5. The Morgan fingerprint density at radius 3 is 2.17 bits per heavy atom. The Bertz CT molecular complexity index is 1510. The fourth-order valence-corrected chi connectivity index (χ4v) is 4.47. The van der Waals surface area contributed by atoms with Gasteiger partial charge in [-0.2, -0.15) is 0 Å². The van der Waals surface area contributed by atoms with Crippen LogP contribution in [-0.4, -0.2) is 22.2 Å². The number of halogens is 2. The van der Waals surface area contributed by atoms with Crippen LogP contribution < -0.4 is 4.90 Å². The summed E-state index contributed by atoms with van der Waals surface area (Å²) in [6.07, 6.45) is 1.58. The Balaban J connectivity index is 1.48. The summed E-state index contributed by atoms with van der Waals surface area (Å²) >= 11 is 1.10. The molecule has 6 nitrogen and oxygen atoms in total. The van der Waals surface area contributed by atoms with E-state index < -0.39 is 17.6 Å². The Hall–Kier alpha value is -4.50. The third-order valence-corrected chi connectivity index (χ3v) is 6.23. The van der Waals surface area contributed by atoms with Crippen LogP contribution in [0.4, 0.5) is 20.2 Å². The Morgan fingerprint density at radius 2 is 1.53 bits per heavy atom. The highest BCUT2D eigenvalue weighted by Crippen LogP contribution is 2.38. The van der Waals surface area contributed by atoms with Gasteiger partial charge in [-0.25, -0.2) is 18.6 Å². The number of hydrogen-bond acceptors (Lipinski definition) is 5. The molecule has 0 aliphatic carbocycles. The summed E-state index contributed by atoms with van der Waals surface area (Å²) in [5.74, 6) is -1.33. The van der Waals surface area contributed by atoms with Crippen LogP contribution in [0.15, 0.2) is 99.2 Å². The molecule has 1 fully saturated rings. The summed E-state index contributed by atoms with van der Waals surface area (Å²) in [4.78, 5) is 30.6. The largest absolute Gasteiger partial charge is 0.478 e. The van der Waals surface area contributed by atoms with E-state index in [0.717, 1.165) is 11.8 Å². The van der Waals surface area contributed by atoms with E-state index in [-0.39, 0.29) is 11.5 Å². The second kappa shape index (κ2) is 9.63. The molecule has 1 aromatic heterocycles. The average Bonchev–Trinajstić information content (AvgIpc) is 3.46. The zero-order valence-corrected chi connectivity index (χ0v) is 19.2. The number of aliphatic imine (C=N–C) groups is 1. The van der Waals surface area contributed by atoms with Gasteiger partial charge in [0.1, 0.15) is 23.2 Å². The maximum Gasteiger partial charge on any atom is 0.335 e. The first-order chi connectivity index (χ1) is 17.4. The summed E-state index contributed by atoms with van der Waals surface area (Å²) in [6, 6.07) is 20.6. The molecule has 9 heteroatoms.